The lowest BCUT2D eigenvalue weighted by Crippen LogP contribution is -2.43. The maximum atomic E-state index is 12.9. The quantitative estimate of drug-likeness (QED) is 0.750. The summed E-state index contributed by atoms with van der Waals surface area (Å²) in [5.74, 6) is -0.298. The van der Waals surface area contributed by atoms with Crippen molar-refractivity contribution in [3.05, 3.63) is 65.2 Å². The second-order valence-corrected chi connectivity index (χ2v) is 6.88. The molecule has 7 nitrogen and oxygen atoms in total. The van der Waals surface area contributed by atoms with Crippen LogP contribution in [0.5, 0.6) is 5.75 Å². The molecule has 2 aromatic rings. The number of aryl methyl sites for hydroxylation is 1. The summed E-state index contributed by atoms with van der Waals surface area (Å²) >= 11 is 0. The van der Waals surface area contributed by atoms with Gasteiger partial charge in [0.15, 0.2) is 0 Å². The van der Waals surface area contributed by atoms with Crippen LogP contribution in [0, 0.1) is 6.92 Å². The number of carbonyl (C=O) groups is 3. The standard InChI is InChI=1S/C21H23N3O4/c1-14-7-4-5-8-15(14)12-22-18(25)13-24-19(26)21(2,23-20(24)27)16-9-6-10-17(11-16)28-3/h4-11H,12-13H2,1-3H3,(H,22,25)(H,23,27)/t21-/m0/s1. The van der Waals surface area contributed by atoms with E-state index in [4.69, 9.17) is 4.74 Å². The number of imide groups is 1. The molecule has 4 amide bonds. The molecule has 2 aromatic carbocycles. The fourth-order valence-corrected chi connectivity index (χ4v) is 3.17. The van der Waals surface area contributed by atoms with Crippen LogP contribution in [-0.2, 0) is 21.7 Å². The molecule has 7 heteroatoms. The van der Waals surface area contributed by atoms with Gasteiger partial charge in [-0.25, -0.2) is 4.79 Å². The Labute approximate surface area is 163 Å². The van der Waals surface area contributed by atoms with Crippen molar-refractivity contribution in [1.82, 2.24) is 15.5 Å². The predicted octanol–water partition coefficient (Wildman–Crippen LogP) is 2.09. The molecule has 0 saturated carbocycles. The summed E-state index contributed by atoms with van der Waals surface area (Å²) in [5.41, 5.74) is 1.38. The number of nitrogens with zero attached hydrogens (tertiary/aromatic N) is 1. The van der Waals surface area contributed by atoms with Gasteiger partial charge in [-0.05, 0) is 42.7 Å². The van der Waals surface area contributed by atoms with Crippen LogP contribution in [-0.4, -0.2) is 36.4 Å². The summed E-state index contributed by atoms with van der Waals surface area (Å²) < 4.78 is 5.19. The van der Waals surface area contributed by atoms with Gasteiger partial charge in [0, 0.05) is 6.54 Å². The van der Waals surface area contributed by atoms with Crippen molar-refractivity contribution in [3.8, 4) is 5.75 Å². The lowest BCUT2D eigenvalue weighted by molar-refractivity contribution is -0.134. The number of benzene rings is 2. The maximum Gasteiger partial charge on any atom is 0.325 e. The van der Waals surface area contributed by atoms with Crippen LogP contribution in [0.3, 0.4) is 0 Å². The third kappa shape index (κ3) is 3.69. The highest BCUT2D eigenvalue weighted by Gasteiger charge is 2.49. The van der Waals surface area contributed by atoms with Gasteiger partial charge in [-0.2, -0.15) is 0 Å². The summed E-state index contributed by atoms with van der Waals surface area (Å²) in [6.07, 6.45) is 0. The summed E-state index contributed by atoms with van der Waals surface area (Å²) in [4.78, 5) is 38.6. The van der Waals surface area contributed by atoms with Gasteiger partial charge < -0.3 is 15.4 Å². The molecule has 0 radical (unpaired) electrons. The van der Waals surface area contributed by atoms with E-state index in [2.05, 4.69) is 10.6 Å². The molecule has 1 atom stereocenters. The average Bonchev–Trinajstić information content (AvgIpc) is 2.91. The van der Waals surface area contributed by atoms with Crippen LogP contribution in [0.25, 0.3) is 0 Å². The van der Waals surface area contributed by atoms with Crippen molar-refractivity contribution in [2.75, 3.05) is 13.7 Å². The van der Waals surface area contributed by atoms with E-state index in [1.54, 1.807) is 31.2 Å². The lowest BCUT2D eigenvalue weighted by Gasteiger charge is -2.22. The van der Waals surface area contributed by atoms with Crippen LogP contribution in [0.2, 0.25) is 0 Å². The fourth-order valence-electron chi connectivity index (χ4n) is 3.17. The minimum absolute atomic E-state index is 0.336. The highest BCUT2D eigenvalue weighted by Crippen LogP contribution is 2.30. The summed E-state index contributed by atoms with van der Waals surface area (Å²) in [5, 5.41) is 5.45. The molecule has 1 aliphatic rings. The number of hydrogen-bond donors (Lipinski definition) is 2. The van der Waals surface area contributed by atoms with Gasteiger partial charge in [-0.3, -0.25) is 14.5 Å². The third-order valence-corrected chi connectivity index (χ3v) is 4.96. The number of hydrogen-bond acceptors (Lipinski definition) is 4. The summed E-state index contributed by atoms with van der Waals surface area (Å²) in [6.45, 7) is 3.57. The van der Waals surface area contributed by atoms with Gasteiger partial charge >= 0.3 is 6.03 Å². The first kappa shape index (κ1) is 19.4. The molecular formula is C21H23N3O4. The van der Waals surface area contributed by atoms with Crippen molar-refractivity contribution in [3.63, 3.8) is 0 Å². The van der Waals surface area contributed by atoms with Crippen LogP contribution in [0.4, 0.5) is 4.79 Å². The molecule has 1 saturated heterocycles. The second-order valence-electron chi connectivity index (χ2n) is 6.88. The number of rotatable bonds is 6. The SMILES string of the molecule is COc1cccc([C@]2(C)NC(=O)N(CC(=O)NCc3ccccc3C)C2=O)c1. The Hall–Kier alpha value is -3.35. The molecule has 1 fully saturated rings. The smallest absolute Gasteiger partial charge is 0.325 e. The van der Waals surface area contributed by atoms with Crippen LogP contribution in [0.15, 0.2) is 48.5 Å². The monoisotopic (exact) mass is 381 g/mol. The molecule has 146 valence electrons. The Morgan fingerprint density at radius 3 is 2.64 bits per heavy atom. The lowest BCUT2D eigenvalue weighted by atomic mass is 9.92. The highest BCUT2D eigenvalue weighted by atomic mass is 16.5. The van der Waals surface area contributed by atoms with Gasteiger partial charge in [0.05, 0.1) is 7.11 Å². The number of amides is 4. The van der Waals surface area contributed by atoms with Crippen molar-refractivity contribution in [2.24, 2.45) is 0 Å². The third-order valence-electron chi connectivity index (χ3n) is 4.96. The fraction of sp³-hybridized carbons (Fsp3) is 0.286. The Morgan fingerprint density at radius 2 is 1.93 bits per heavy atom. The number of methoxy groups -OCH3 is 1. The number of urea groups is 1. The molecule has 0 unspecified atom stereocenters. The zero-order valence-corrected chi connectivity index (χ0v) is 16.1. The number of carbonyl (C=O) groups excluding carboxylic acids is 3. The molecule has 0 aliphatic carbocycles. The van der Waals surface area contributed by atoms with Crippen LogP contribution >= 0.6 is 0 Å². The number of nitrogens with one attached hydrogen (secondary N) is 2. The molecule has 1 heterocycles. The first-order valence-electron chi connectivity index (χ1n) is 8.95. The van der Waals surface area contributed by atoms with Crippen molar-refractivity contribution in [2.45, 2.75) is 25.9 Å². The first-order chi connectivity index (χ1) is 13.3. The Bertz CT molecular complexity index is 927. The van der Waals surface area contributed by atoms with Gasteiger partial charge in [0.2, 0.25) is 5.91 Å². The van der Waals surface area contributed by atoms with Gasteiger partial charge in [0.25, 0.3) is 5.91 Å². The second kappa shape index (κ2) is 7.72. The van der Waals surface area contributed by atoms with Crippen molar-refractivity contribution in [1.29, 1.82) is 0 Å². The Kier molecular flexibility index (Phi) is 5.35. The summed E-state index contributed by atoms with van der Waals surface area (Å²) in [7, 11) is 1.53. The molecule has 2 N–H and O–H groups in total. The van der Waals surface area contributed by atoms with E-state index in [9.17, 15) is 14.4 Å². The Morgan fingerprint density at radius 1 is 1.18 bits per heavy atom. The summed E-state index contributed by atoms with van der Waals surface area (Å²) in [6, 6.07) is 14.0. The predicted molar refractivity (Wildman–Crippen MR) is 104 cm³/mol. The van der Waals surface area contributed by atoms with E-state index in [-0.39, 0.29) is 6.54 Å². The minimum Gasteiger partial charge on any atom is -0.497 e. The number of ether oxygens (including phenoxy) is 1. The van der Waals surface area contributed by atoms with E-state index in [0.717, 1.165) is 16.0 Å². The molecule has 28 heavy (non-hydrogen) atoms. The highest BCUT2D eigenvalue weighted by molar-refractivity contribution is 6.09. The van der Waals surface area contributed by atoms with Crippen molar-refractivity contribution >= 4 is 17.8 Å². The molecule has 3 rings (SSSR count). The zero-order chi connectivity index (χ0) is 20.3. The zero-order valence-electron chi connectivity index (χ0n) is 16.1. The van der Waals surface area contributed by atoms with Crippen LogP contribution in [0.1, 0.15) is 23.6 Å². The first-order valence-corrected chi connectivity index (χ1v) is 8.95. The molecule has 0 aromatic heterocycles. The largest absolute Gasteiger partial charge is 0.497 e. The normalized spacial score (nSPS) is 18.8. The van der Waals surface area contributed by atoms with E-state index in [1.807, 2.05) is 31.2 Å². The van der Waals surface area contributed by atoms with Gasteiger partial charge in [0.1, 0.15) is 17.8 Å². The topological polar surface area (TPSA) is 87.7 Å². The van der Waals surface area contributed by atoms with E-state index in [1.165, 1.54) is 7.11 Å². The van der Waals surface area contributed by atoms with Crippen molar-refractivity contribution < 1.29 is 19.1 Å². The van der Waals surface area contributed by atoms with Gasteiger partial charge in [-0.1, -0.05) is 36.4 Å². The Balaban J connectivity index is 1.69. The van der Waals surface area contributed by atoms with Gasteiger partial charge in [-0.15, -0.1) is 0 Å². The molecule has 0 spiro atoms. The van der Waals surface area contributed by atoms with E-state index < -0.39 is 23.4 Å². The minimum atomic E-state index is -1.25. The maximum absolute atomic E-state index is 12.9. The van der Waals surface area contributed by atoms with Crippen LogP contribution < -0.4 is 15.4 Å². The molecule has 1 aliphatic heterocycles. The van der Waals surface area contributed by atoms with E-state index >= 15 is 0 Å². The average molecular weight is 381 g/mol. The van der Waals surface area contributed by atoms with E-state index in [0.29, 0.717) is 17.9 Å². The molecule has 0 bridgehead atoms. The molecular weight excluding hydrogens is 358 g/mol.